The zero-order valence-electron chi connectivity index (χ0n) is 16.3. The van der Waals surface area contributed by atoms with Crippen LogP contribution in [0.2, 0.25) is 0 Å². The summed E-state index contributed by atoms with van der Waals surface area (Å²) in [5, 5.41) is 7.03. The zero-order chi connectivity index (χ0) is 19.2. The molecule has 1 aliphatic rings. The van der Waals surface area contributed by atoms with Gasteiger partial charge in [0.1, 0.15) is 0 Å². The van der Waals surface area contributed by atoms with Crippen LogP contribution in [-0.2, 0) is 16.0 Å². The molecule has 1 N–H and O–H groups in total. The highest BCUT2D eigenvalue weighted by Crippen LogP contribution is 2.29. The molecule has 1 saturated heterocycles. The molecule has 1 amide bonds. The average molecular weight is 372 g/mol. The minimum atomic E-state index is -0.0238. The van der Waals surface area contributed by atoms with E-state index in [4.69, 9.17) is 9.26 Å². The Labute approximate surface area is 160 Å². The van der Waals surface area contributed by atoms with Crippen LogP contribution < -0.4 is 5.32 Å². The van der Waals surface area contributed by atoms with Crippen LogP contribution >= 0.6 is 0 Å². The molecule has 1 aliphatic heterocycles. The molecular weight excluding hydrogens is 344 g/mol. The predicted octanol–water partition coefficient (Wildman–Crippen LogP) is 3.04. The minimum absolute atomic E-state index is 0.00644. The van der Waals surface area contributed by atoms with Gasteiger partial charge in [-0.05, 0) is 56.5 Å². The number of ether oxygens (including phenoxy) is 1. The molecule has 146 valence electrons. The number of nitrogens with one attached hydrogen (secondary N) is 1. The largest absolute Gasteiger partial charge is 0.384 e. The van der Waals surface area contributed by atoms with Gasteiger partial charge in [-0.1, -0.05) is 17.6 Å². The van der Waals surface area contributed by atoms with Gasteiger partial charge in [0.15, 0.2) is 5.82 Å². The number of carbonyl (C=O) groups is 1. The van der Waals surface area contributed by atoms with Crippen molar-refractivity contribution in [1.82, 2.24) is 15.0 Å². The van der Waals surface area contributed by atoms with Crippen LogP contribution in [0, 0.1) is 13.8 Å². The van der Waals surface area contributed by atoms with Crippen LogP contribution in [0.1, 0.15) is 48.1 Å². The summed E-state index contributed by atoms with van der Waals surface area (Å²) in [5.74, 6) is 1.22. The minimum Gasteiger partial charge on any atom is -0.384 e. The molecule has 2 aromatic rings. The number of aromatic nitrogens is 2. The molecule has 1 aromatic heterocycles. The van der Waals surface area contributed by atoms with Crippen molar-refractivity contribution in [2.45, 2.75) is 45.6 Å². The zero-order valence-corrected chi connectivity index (χ0v) is 16.3. The van der Waals surface area contributed by atoms with E-state index in [-0.39, 0.29) is 11.9 Å². The van der Waals surface area contributed by atoms with Gasteiger partial charge in [-0.15, -0.1) is 0 Å². The number of anilines is 1. The number of hydrogen-bond acceptors (Lipinski definition) is 6. The summed E-state index contributed by atoms with van der Waals surface area (Å²) >= 11 is 0. The topological polar surface area (TPSA) is 80.5 Å². The number of methoxy groups -OCH3 is 1. The number of hydrogen-bond donors (Lipinski definition) is 1. The Bertz CT molecular complexity index is 774. The third-order valence-electron chi connectivity index (χ3n) is 5.05. The molecule has 0 saturated carbocycles. The summed E-state index contributed by atoms with van der Waals surface area (Å²) in [6.07, 6.45) is 3.70. The Morgan fingerprint density at radius 2 is 2.19 bits per heavy atom. The van der Waals surface area contributed by atoms with Gasteiger partial charge in [0.2, 0.25) is 11.8 Å². The molecule has 0 unspecified atom stereocenters. The van der Waals surface area contributed by atoms with Gasteiger partial charge >= 0.3 is 0 Å². The fraction of sp³-hybridized carbons (Fsp3) is 0.550. The lowest BCUT2D eigenvalue weighted by Gasteiger charge is -2.32. The number of piperidine rings is 1. The van der Waals surface area contributed by atoms with Crippen molar-refractivity contribution in [1.29, 1.82) is 0 Å². The van der Waals surface area contributed by atoms with Gasteiger partial charge in [0, 0.05) is 19.2 Å². The van der Waals surface area contributed by atoms with E-state index in [2.05, 4.69) is 27.3 Å². The van der Waals surface area contributed by atoms with Crippen LogP contribution in [-0.4, -0.2) is 47.8 Å². The number of carbonyl (C=O) groups excluding carboxylic acids is 1. The van der Waals surface area contributed by atoms with Gasteiger partial charge in [0.05, 0.1) is 19.2 Å². The number of aryl methyl sites for hydroxylation is 2. The van der Waals surface area contributed by atoms with E-state index in [0.29, 0.717) is 31.3 Å². The Morgan fingerprint density at radius 1 is 1.33 bits per heavy atom. The van der Waals surface area contributed by atoms with Crippen LogP contribution in [0.5, 0.6) is 0 Å². The van der Waals surface area contributed by atoms with Gasteiger partial charge in [-0.2, -0.15) is 4.98 Å². The number of benzene rings is 1. The monoisotopic (exact) mass is 372 g/mol. The van der Waals surface area contributed by atoms with Gasteiger partial charge in [0.25, 0.3) is 0 Å². The van der Waals surface area contributed by atoms with E-state index >= 15 is 0 Å². The summed E-state index contributed by atoms with van der Waals surface area (Å²) in [7, 11) is 1.65. The van der Waals surface area contributed by atoms with Crippen LogP contribution in [0.15, 0.2) is 22.7 Å². The van der Waals surface area contributed by atoms with E-state index in [1.807, 2.05) is 25.1 Å². The highest BCUT2D eigenvalue weighted by atomic mass is 16.5. The lowest BCUT2D eigenvalue weighted by molar-refractivity contribution is -0.118. The van der Waals surface area contributed by atoms with Crippen molar-refractivity contribution in [3.05, 3.63) is 41.0 Å². The van der Waals surface area contributed by atoms with Gasteiger partial charge in [-0.25, -0.2) is 0 Å². The maximum Gasteiger partial charge on any atom is 0.244 e. The van der Waals surface area contributed by atoms with Crippen molar-refractivity contribution in [3.63, 3.8) is 0 Å². The number of amides is 1. The lowest BCUT2D eigenvalue weighted by atomic mass is 10.0. The summed E-state index contributed by atoms with van der Waals surface area (Å²) in [4.78, 5) is 19.2. The van der Waals surface area contributed by atoms with E-state index in [0.717, 1.165) is 37.1 Å². The second kappa shape index (κ2) is 9.10. The Kier molecular flexibility index (Phi) is 6.58. The summed E-state index contributed by atoms with van der Waals surface area (Å²) in [5.41, 5.74) is 3.21. The predicted molar refractivity (Wildman–Crippen MR) is 103 cm³/mol. The first kappa shape index (κ1) is 19.5. The normalized spacial score (nSPS) is 17.8. The smallest absolute Gasteiger partial charge is 0.244 e. The summed E-state index contributed by atoms with van der Waals surface area (Å²) in [6, 6.07) is 5.96. The van der Waals surface area contributed by atoms with Crippen LogP contribution in [0.4, 0.5) is 5.69 Å². The molecule has 1 aromatic carbocycles. The molecule has 2 heterocycles. The van der Waals surface area contributed by atoms with Crippen molar-refractivity contribution < 1.29 is 14.1 Å². The van der Waals surface area contributed by atoms with Crippen molar-refractivity contribution in [2.24, 2.45) is 0 Å². The Hall–Kier alpha value is -2.25. The highest BCUT2D eigenvalue weighted by Gasteiger charge is 2.30. The fourth-order valence-corrected chi connectivity index (χ4v) is 3.36. The lowest BCUT2D eigenvalue weighted by Crippen LogP contribution is -2.39. The quantitative estimate of drug-likeness (QED) is 0.805. The molecule has 1 fully saturated rings. The molecule has 0 spiro atoms. The van der Waals surface area contributed by atoms with Gasteiger partial charge < -0.3 is 14.6 Å². The van der Waals surface area contributed by atoms with E-state index in [9.17, 15) is 4.79 Å². The molecule has 7 nitrogen and oxygen atoms in total. The maximum atomic E-state index is 12.6. The maximum absolute atomic E-state index is 12.6. The Balaban J connectivity index is 1.63. The van der Waals surface area contributed by atoms with E-state index in [1.165, 1.54) is 5.56 Å². The van der Waals surface area contributed by atoms with E-state index < -0.39 is 0 Å². The van der Waals surface area contributed by atoms with E-state index in [1.54, 1.807) is 7.11 Å². The number of likely N-dealkylation sites (tertiary alicyclic amines) is 1. The average Bonchev–Trinajstić information content (AvgIpc) is 3.12. The fourth-order valence-electron chi connectivity index (χ4n) is 3.36. The van der Waals surface area contributed by atoms with Gasteiger partial charge in [-0.3, -0.25) is 9.69 Å². The number of rotatable bonds is 7. The molecule has 3 rings (SSSR count). The van der Waals surface area contributed by atoms with Crippen LogP contribution in [0.3, 0.4) is 0 Å². The first-order chi connectivity index (χ1) is 13.1. The molecule has 0 radical (unpaired) electrons. The summed E-state index contributed by atoms with van der Waals surface area (Å²) < 4.78 is 10.5. The number of nitrogens with zero attached hydrogens (tertiary/aromatic N) is 3. The standard InChI is InChI=1S/C20H28N4O3/c1-14-7-8-16(12-15(14)2)21-19(25)13-24-10-5-4-6-17(24)20-22-18(23-27-20)9-11-26-3/h7-8,12,17H,4-6,9-11,13H2,1-3H3,(H,21,25)/t17-/m1/s1. The first-order valence-corrected chi connectivity index (χ1v) is 9.49. The highest BCUT2D eigenvalue weighted by molar-refractivity contribution is 5.92. The van der Waals surface area contributed by atoms with Crippen molar-refractivity contribution >= 4 is 11.6 Å². The molecule has 27 heavy (non-hydrogen) atoms. The third-order valence-corrected chi connectivity index (χ3v) is 5.05. The molecule has 7 heteroatoms. The summed E-state index contributed by atoms with van der Waals surface area (Å²) in [6.45, 7) is 5.83. The van der Waals surface area contributed by atoms with Crippen molar-refractivity contribution in [2.75, 3.05) is 32.1 Å². The van der Waals surface area contributed by atoms with Crippen molar-refractivity contribution in [3.8, 4) is 0 Å². The second-order valence-corrected chi connectivity index (χ2v) is 7.12. The first-order valence-electron chi connectivity index (χ1n) is 9.49. The molecule has 0 aliphatic carbocycles. The molecule has 0 bridgehead atoms. The second-order valence-electron chi connectivity index (χ2n) is 7.12. The Morgan fingerprint density at radius 3 is 2.96 bits per heavy atom. The van der Waals surface area contributed by atoms with Crippen LogP contribution in [0.25, 0.3) is 0 Å². The molecular formula is C20H28N4O3. The third kappa shape index (κ3) is 5.14. The SMILES string of the molecule is COCCc1noc([C@H]2CCCCN2CC(=O)Nc2ccc(C)c(C)c2)n1. The molecule has 1 atom stereocenters.